The normalized spacial score (nSPS) is 35.3. The Morgan fingerprint density at radius 2 is 2.25 bits per heavy atom. The molecule has 0 aromatic carbocycles. The maximum Gasteiger partial charge on any atom is 0.0571 e. The molecule has 1 aliphatic carbocycles. The molecule has 0 aromatic rings. The van der Waals surface area contributed by atoms with Gasteiger partial charge in [-0.1, -0.05) is 13.0 Å². The molecule has 1 fully saturated rings. The number of aliphatic hydroxyl groups excluding tert-OH is 1. The Balaban J connectivity index is 2.19. The van der Waals surface area contributed by atoms with Gasteiger partial charge in [-0.3, -0.25) is 0 Å². The van der Waals surface area contributed by atoms with Gasteiger partial charge in [0.05, 0.1) is 6.10 Å². The van der Waals surface area contributed by atoms with E-state index in [2.05, 4.69) is 13.5 Å². The molecule has 1 saturated carbocycles. The van der Waals surface area contributed by atoms with Gasteiger partial charge in [0.15, 0.2) is 0 Å². The van der Waals surface area contributed by atoms with Gasteiger partial charge in [-0.15, -0.1) is 6.58 Å². The number of allylic oxidation sites excluding steroid dienone is 1. The van der Waals surface area contributed by atoms with Gasteiger partial charge in [0, 0.05) is 0 Å². The molecule has 0 radical (unpaired) electrons. The quantitative estimate of drug-likeness (QED) is 0.505. The summed E-state index contributed by atoms with van der Waals surface area (Å²) < 4.78 is 0. The number of aliphatic hydroxyl groups is 1. The van der Waals surface area contributed by atoms with Crippen LogP contribution in [0.4, 0.5) is 0 Å². The van der Waals surface area contributed by atoms with Crippen LogP contribution in [0.5, 0.6) is 0 Å². The van der Waals surface area contributed by atoms with E-state index in [-0.39, 0.29) is 6.10 Å². The maximum absolute atomic E-state index is 9.63. The second kappa shape index (κ2) is 4.66. The van der Waals surface area contributed by atoms with Gasteiger partial charge < -0.3 is 5.11 Å². The standard InChI is InChI=1S/C11H20O/c1-3-4-5-6-10-7-9(2)8-11(10)12/h3,9-12H,1,4-8H2,2H3/t9-,10-,11+/m1/s1. The van der Waals surface area contributed by atoms with Gasteiger partial charge in [0.1, 0.15) is 0 Å². The van der Waals surface area contributed by atoms with E-state index in [0.717, 1.165) is 18.8 Å². The van der Waals surface area contributed by atoms with E-state index in [1.807, 2.05) is 6.08 Å². The number of hydrogen-bond acceptors (Lipinski definition) is 1. The molecule has 1 rings (SSSR count). The molecule has 0 unspecified atom stereocenters. The first-order valence-corrected chi connectivity index (χ1v) is 5.03. The zero-order chi connectivity index (χ0) is 8.97. The van der Waals surface area contributed by atoms with Crippen LogP contribution in [0.15, 0.2) is 12.7 Å². The van der Waals surface area contributed by atoms with E-state index in [0.29, 0.717) is 5.92 Å². The molecule has 3 atom stereocenters. The summed E-state index contributed by atoms with van der Waals surface area (Å²) in [7, 11) is 0. The predicted molar refractivity (Wildman–Crippen MR) is 51.9 cm³/mol. The first kappa shape index (κ1) is 9.79. The van der Waals surface area contributed by atoms with Crippen LogP contribution in [-0.2, 0) is 0 Å². The first-order valence-electron chi connectivity index (χ1n) is 5.03. The van der Waals surface area contributed by atoms with Crippen molar-refractivity contribution in [1.29, 1.82) is 0 Å². The van der Waals surface area contributed by atoms with Crippen molar-refractivity contribution in [3.8, 4) is 0 Å². The Morgan fingerprint density at radius 1 is 1.50 bits per heavy atom. The minimum atomic E-state index is -0.0233. The van der Waals surface area contributed by atoms with Crippen molar-refractivity contribution in [2.75, 3.05) is 0 Å². The third-order valence-corrected chi connectivity index (χ3v) is 2.88. The van der Waals surface area contributed by atoms with Crippen LogP contribution in [0.25, 0.3) is 0 Å². The fourth-order valence-corrected chi connectivity index (χ4v) is 2.21. The van der Waals surface area contributed by atoms with E-state index >= 15 is 0 Å². The Hall–Kier alpha value is -0.300. The average Bonchev–Trinajstić information content (AvgIpc) is 2.31. The smallest absolute Gasteiger partial charge is 0.0571 e. The van der Waals surface area contributed by atoms with Crippen LogP contribution >= 0.6 is 0 Å². The van der Waals surface area contributed by atoms with E-state index in [1.54, 1.807) is 0 Å². The summed E-state index contributed by atoms with van der Waals surface area (Å²) in [5.74, 6) is 1.30. The lowest BCUT2D eigenvalue weighted by Gasteiger charge is -2.12. The number of hydrogen-bond donors (Lipinski definition) is 1. The molecule has 0 amide bonds. The maximum atomic E-state index is 9.63. The van der Waals surface area contributed by atoms with Gasteiger partial charge in [-0.05, 0) is 43.9 Å². The Labute approximate surface area is 75.5 Å². The summed E-state index contributed by atoms with van der Waals surface area (Å²) in [5.41, 5.74) is 0. The SMILES string of the molecule is C=CCCC[C@@H]1C[C@@H](C)C[C@@H]1O. The molecule has 70 valence electrons. The molecule has 1 aliphatic rings. The van der Waals surface area contributed by atoms with Crippen molar-refractivity contribution in [3.05, 3.63) is 12.7 Å². The topological polar surface area (TPSA) is 20.2 Å². The van der Waals surface area contributed by atoms with Crippen molar-refractivity contribution >= 4 is 0 Å². The highest BCUT2D eigenvalue weighted by Crippen LogP contribution is 2.33. The summed E-state index contributed by atoms with van der Waals surface area (Å²) >= 11 is 0. The molecule has 0 bridgehead atoms. The highest BCUT2D eigenvalue weighted by molar-refractivity contribution is 4.81. The molecular weight excluding hydrogens is 148 g/mol. The highest BCUT2D eigenvalue weighted by atomic mass is 16.3. The largest absolute Gasteiger partial charge is 0.393 e. The fourth-order valence-electron chi connectivity index (χ4n) is 2.21. The van der Waals surface area contributed by atoms with Crippen molar-refractivity contribution in [2.45, 2.75) is 45.1 Å². The first-order chi connectivity index (χ1) is 5.74. The highest BCUT2D eigenvalue weighted by Gasteiger charge is 2.29. The number of unbranched alkanes of at least 4 members (excludes halogenated alkanes) is 1. The molecule has 0 saturated heterocycles. The van der Waals surface area contributed by atoms with E-state index < -0.39 is 0 Å². The van der Waals surface area contributed by atoms with Crippen molar-refractivity contribution in [1.82, 2.24) is 0 Å². The van der Waals surface area contributed by atoms with Crippen LogP contribution < -0.4 is 0 Å². The summed E-state index contributed by atoms with van der Waals surface area (Å²) in [4.78, 5) is 0. The number of rotatable bonds is 4. The monoisotopic (exact) mass is 168 g/mol. The lowest BCUT2D eigenvalue weighted by Crippen LogP contribution is -2.12. The Bertz CT molecular complexity index is 142. The molecule has 0 heterocycles. The zero-order valence-corrected chi connectivity index (χ0v) is 8.00. The van der Waals surface area contributed by atoms with Gasteiger partial charge in [0.2, 0.25) is 0 Å². The summed E-state index contributed by atoms with van der Waals surface area (Å²) in [5, 5.41) is 9.63. The third kappa shape index (κ3) is 2.63. The molecular formula is C11H20O. The van der Waals surface area contributed by atoms with E-state index in [1.165, 1.54) is 19.3 Å². The van der Waals surface area contributed by atoms with Crippen molar-refractivity contribution in [2.24, 2.45) is 11.8 Å². The lowest BCUT2D eigenvalue weighted by molar-refractivity contribution is 0.126. The summed E-state index contributed by atoms with van der Waals surface area (Å²) in [6.07, 6.45) is 7.64. The Morgan fingerprint density at radius 3 is 2.75 bits per heavy atom. The third-order valence-electron chi connectivity index (χ3n) is 2.88. The van der Waals surface area contributed by atoms with E-state index in [4.69, 9.17) is 0 Å². The van der Waals surface area contributed by atoms with Gasteiger partial charge in [-0.2, -0.15) is 0 Å². The molecule has 0 aromatic heterocycles. The Kier molecular flexibility index (Phi) is 3.80. The minimum absolute atomic E-state index is 0.0233. The zero-order valence-electron chi connectivity index (χ0n) is 8.00. The predicted octanol–water partition coefficient (Wildman–Crippen LogP) is 2.75. The second-order valence-electron chi connectivity index (χ2n) is 4.12. The molecule has 0 spiro atoms. The van der Waals surface area contributed by atoms with Crippen LogP contribution in [-0.4, -0.2) is 11.2 Å². The molecule has 0 aliphatic heterocycles. The van der Waals surface area contributed by atoms with Gasteiger partial charge in [0.25, 0.3) is 0 Å². The van der Waals surface area contributed by atoms with Crippen molar-refractivity contribution in [3.63, 3.8) is 0 Å². The minimum Gasteiger partial charge on any atom is -0.393 e. The lowest BCUT2D eigenvalue weighted by atomic mass is 9.98. The van der Waals surface area contributed by atoms with Crippen LogP contribution in [0, 0.1) is 11.8 Å². The van der Waals surface area contributed by atoms with E-state index in [9.17, 15) is 5.11 Å². The molecule has 1 heteroatoms. The van der Waals surface area contributed by atoms with Gasteiger partial charge >= 0.3 is 0 Å². The average molecular weight is 168 g/mol. The van der Waals surface area contributed by atoms with Crippen LogP contribution in [0.2, 0.25) is 0 Å². The molecule has 1 N–H and O–H groups in total. The molecule has 12 heavy (non-hydrogen) atoms. The summed E-state index contributed by atoms with van der Waals surface area (Å²) in [6.45, 7) is 5.93. The van der Waals surface area contributed by atoms with Crippen LogP contribution in [0.3, 0.4) is 0 Å². The van der Waals surface area contributed by atoms with Crippen LogP contribution in [0.1, 0.15) is 39.0 Å². The fraction of sp³-hybridized carbons (Fsp3) is 0.818. The summed E-state index contributed by atoms with van der Waals surface area (Å²) in [6, 6.07) is 0. The molecule has 1 nitrogen and oxygen atoms in total. The van der Waals surface area contributed by atoms with Crippen molar-refractivity contribution < 1.29 is 5.11 Å². The van der Waals surface area contributed by atoms with Gasteiger partial charge in [-0.25, -0.2) is 0 Å². The second-order valence-corrected chi connectivity index (χ2v) is 4.12.